The lowest BCUT2D eigenvalue weighted by Crippen LogP contribution is -1.79. The van der Waals surface area contributed by atoms with Gasteiger partial charge < -0.3 is 6.15 Å². The van der Waals surface area contributed by atoms with Gasteiger partial charge in [-0.2, -0.15) is 0 Å². The lowest BCUT2D eigenvalue weighted by Gasteiger charge is -1.94. The van der Waals surface area contributed by atoms with Crippen LogP contribution in [0.25, 0.3) is 0 Å². The highest BCUT2D eigenvalue weighted by Gasteiger charge is 1.85. The van der Waals surface area contributed by atoms with Crippen LogP contribution >= 0.6 is 0 Å². The quantitative estimate of drug-likeness (QED) is 0.659. The molecule has 1 nitrogen and oxygen atoms in total. The summed E-state index contributed by atoms with van der Waals surface area (Å²) >= 11 is 0. The molecule has 0 bridgehead atoms. The molecule has 1 heteroatoms. The Hall–Kier alpha value is -1.08. The largest absolute Gasteiger partial charge is 0.344 e. The summed E-state index contributed by atoms with van der Waals surface area (Å²) < 4.78 is 0. The molecular formula is C10H15N. The molecule has 0 aromatic heterocycles. The van der Waals surface area contributed by atoms with Crippen molar-refractivity contribution in [3.05, 3.63) is 48.6 Å². The minimum absolute atomic E-state index is 0. The van der Waals surface area contributed by atoms with Gasteiger partial charge in [0.05, 0.1) is 0 Å². The Morgan fingerprint density at radius 2 is 1.82 bits per heavy atom. The van der Waals surface area contributed by atoms with E-state index in [4.69, 9.17) is 0 Å². The topological polar surface area (TPSA) is 35.0 Å². The summed E-state index contributed by atoms with van der Waals surface area (Å²) in [4.78, 5) is 0. The van der Waals surface area contributed by atoms with Crippen LogP contribution < -0.4 is 6.15 Å². The van der Waals surface area contributed by atoms with Gasteiger partial charge in [0.2, 0.25) is 0 Å². The first-order chi connectivity index (χ1) is 4.93. The molecular weight excluding hydrogens is 134 g/mol. The lowest BCUT2D eigenvalue weighted by molar-refractivity contribution is 1.00. The Morgan fingerprint density at radius 1 is 1.18 bits per heavy atom. The zero-order valence-corrected chi connectivity index (χ0v) is 6.79. The maximum atomic E-state index is 3.68. The maximum Gasteiger partial charge on any atom is -0.0244 e. The van der Waals surface area contributed by atoms with Gasteiger partial charge in [-0.15, -0.1) is 6.58 Å². The van der Waals surface area contributed by atoms with E-state index in [0.717, 1.165) is 12.8 Å². The van der Waals surface area contributed by atoms with Crippen molar-refractivity contribution in [2.45, 2.75) is 12.8 Å². The van der Waals surface area contributed by atoms with Crippen LogP contribution in [-0.4, -0.2) is 0 Å². The second-order valence-corrected chi connectivity index (χ2v) is 2.31. The molecule has 1 aromatic rings. The van der Waals surface area contributed by atoms with Gasteiger partial charge >= 0.3 is 0 Å². The molecule has 0 radical (unpaired) electrons. The van der Waals surface area contributed by atoms with Crippen LogP contribution in [0.3, 0.4) is 0 Å². The molecule has 0 spiro atoms. The summed E-state index contributed by atoms with van der Waals surface area (Å²) in [6.07, 6.45) is 4.14. The highest BCUT2D eigenvalue weighted by atomic mass is 14.0. The van der Waals surface area contributed by atoms with Crippen LogP contribution in [0.4, 0.5) is 0 Å². The van der Waals surface area contributed by atoms with Gasteiger partial charge in [0.25, 0.3) is 0 Å². The summed E-state index contributed by atoms with van der Waals surface area (Å²) in [6, 6.07) is 10.5. The molecule has 1 aromatic carbocycles. The van der Waals surface area contributed by atoms with Crippen molar-refractivity contribution in [1.82, 2.24) is 6.15 Å². The van der Waals surface area contributed by atoms with Crippen molar-refractivity contribution >= 4 is 0 Å². The van der Waals surface area contributed by atoms with E-state index in [1.165, 1.54) is 5.56 Å². The van der Waals surface area contributed by atoms with E-state index in [1.54, 1.807) is 0 Å². The van der Waals surface area contributed by atoms with Crippen LogP contribution in [0.1, 0.15) is 12.0 Å². The van der Waals surface area contributed by atoms with E-state index >= 15 is 0 Å². The van der Waals surface area contributed by atoms with Crippen molar-refractivity contribution in [2.24, 2.45) is 0 Å². The first-order valence-electron chi connectivity index (χ1n) is 3.58. The van der Waals surface area contributed by atoms with Gasteiger partial charge in [-0.1, -0.05) is 36.4 Å². The summed E-state index contributed by atoms with van der Waals surface area (Å²) in [5, 5.41) is 0. The molecule has 0 saturated heterocycles. The highest BCUT2D eigenvalue weighted by molar-refractivity contribution is 5.14. The summed E-state index contributed by atoms with van der Waals surface area (Å²) in [5.41, 5.74) is 1.39. The summed E-state index contributed by atoms with van der Waals surface area (Å²) in [6.45, 7) is 3.68. The Kier molecular flexibility index (Phi) is 5.13. The van der Waals surface area contributed by atoms with Gasteiger partial charge in [0.1, 0.15) is 0 Å². The average molecular weight is 149 g/mol. The molecule has 0 saturated carbocycles. The van der Waals surface area contributed by atoms with E-state index in [2.05, 4.69) is 30.8 Å². The average Bonchev–Trinajstić information content (AvgIpc) is 2.03. The molecule has 11 heavy (non-hydrogen) atoms. The van der Waals surface area contributed by atoms with Crippen LogP contribution in [-0.2, 0) is 6.42 Å². The molecule has 1 rings (SSSR count). The predicted octanol–water partition coefficient (Wildman–Crippen LogP) is 2.97. The summed E-state index contributed by atoms with van der Waals surface area (Å²) in [7, 11) is 0. The third-order valence-electron chi connectivity index (χ3n) is 1.48. The lowest BCUT2D eigenvalue weighted by atomic mass is 10.1. The number of hydrogen-bond acceptors (Lipinski definition) is 1. The van der Waals surface area contributed by atoms with E-state index < -0.39 is 0 Å². The third-order valence-corrected chi connectivity index (χ3v) is 1.48. The Balaban J connectivity index is 0.000001000. The molecule has 0 aliphatic rings. The smallest absolute Gasteiger partial charge is 0.0244 e. The van der Waals surface area contributed by atoms with Gasteiger partial charge in [-0.3, -0.25) is 0 Å². The molecule has 0 atom stereocenters. The van der Waals surface area contributed by atoms with Gasteiger partial charge in [-0.25, -0.2) is 0 Å². The Labute approximate surface area is 68.3 Å². The zero-order valence-electron chi connectivity index (χ0n) is 6.79. The maximum absolute atomic E-state index is 3.68. The Bertz CT molecular complexity index is 191. The van der Waals surface area contributed by atoms with E-state index in [0.29, 0.717) is 0 Å². The molecule has 0 aliphatic heterocycles. The highest BCUT2D eigenvalue weighted by Crippen LogP contribution is 2.01. The van der Waals surface area contributed by atoms with Crippen molar-refractivity contribution < 1.29 is 0 Å². The number of rotatable bonds is 3. The first kappa shape index (κ1) is 9.92. The standard InChI is InChI=1S/C10H12.H3N/c1-2-3-7-10-8-5-4-6-9-10;/h2,4-6,8-9H,1,3,7H2;1H3. The first-order valence-corrected chi connectivity index (χ1v) is 3.58. The predicted molar refractivity (Wildman–Crippen MR) is 50.0 cm³/mol. The van der Waals surface area contributed by atoms with Gasteiger partial charge in [0.15, 0.2) is 0 Å². The third kappa shape index (κ3) is 3.58. The zero-order chi connectivity index (χ0) is 7.23. The van der Waals surface area contributed by atoms with E-state index in [-0.39, 0.29) is 6.15 Å². The van der Waals surface area contributed by atoms with E-state index in [1.807, 2.05) is 12.1 Å². The van der Waals surface area contributed by atoms with E-state index in [9.17, 15) is 0 Å². The van der Waals surface area contributed by atoms with Crippen molar-refractivity contribution in [3.63, 3.8) is 0 Å². The minimum Gasteiger partial charge on any atom is -0.344 e. The van der Waals surface area contributed by atoms with Crippen LogP contribution in [0.2, 0.25) is 0 Å². The molecule has 0 heterocycles. The normalized spacial score (nSPS) is 8.36. The number of benzene rings is 1. The summed E-state index contributed by atoms with van der Waals surface area (Å²) in [5.74, 6) is 0. The van der Waals surface area contributed by atoms with Crippen molar-refractivity contribution in [2.75, 3.05) is 0 Å². The van der Waals surface area contributed by atoms with Crippen LogP contribution in [0.5, 0.6) is 0 Å². The second kappa shape index (κ2) is 5.69. The van der Waals surface area contributed by atoms with Crippen LogP contribution in [0, 0.1) is 0 Å². The fraction of sp³-hybridized carbons (Fsp3) is 0.200. The second-order valence-electron chi connectivity index (χ2n) is 2.31. The number of aryl methyl sites for hydroxylation is 1. The monoisotopic (exact) mass is 149 g/mol. The van der Waals surface area contributed by atoms with Crippen LogP contribution in [0.15, 0.2) is 43.0 Å². The molecule has 0 aliphatic carbocycles. The fourth-order valence-electron chi connectivity index (χ4n) is 0.913. The minimum atomic E-state index is 0. The van der Waals surface area contributed by atoms with Crippen molar-refractivity contribution in [3.8, 4) is 0 Å². The van der Waals surface area contributed by atoms with Crippen molar-refractivity contribution in [1.29, 1.82) is 0 Å². The molecule has 0 unspecified atom stereocenters. The number of hydrogen-bond donors (Lipinski definition) is 1. The van der Waals surface area contributed by atoms with Gasteiger partial charge in [0, 0.05) is 0 Å². The fourth-order valence-corrected chi connectivity index (χ4v) is 0.913. The SMILES string of the molecule is C=CCCc1ccccc1.N. The molecule has 3 N–H and O–H groups in total. The number of allylic oxidation sites excluding steroid dienone is 1. The Morgan fingerprint density at radius 3 is 2.36 bits per heavy atom. The molecule has 0 amide bonds. The molecule has 60 valence electrons. The molecule has 0 fully saturated rings. The van der Waals surface area contributed by atoms with Gasteiger partial charge in [-0.05, 0) is 18.4 Å².